The maximum Gasteiger partial charge on any atom is 0.249 e. The number of imidazole rings is 1. The largest absolute Gasteiger partial charge is 0.345 e. The van der Waals surface area contributed by atoms with Crippen molar-refractivity contribution in [2.75, 3.05) is 4.90 Å². The van der Waals surface area contributed by atoms with Crippen molar-refractivity contribution < 1.29 is 9.59 Å². The second-order valence-corrected chi connectivity index (χ2v) is 10.6. The first-order chi connectivity index (χ1) is 18.3. The molecule has 4 aromatic rings. The fourth-order valence-electron chi connectivity index (χ4n) is 5.02. The Hall–Kier alpha value is -4.23. The number of amides is 2. The highest BCUT2D eigenvalue weighted by atomic mass is 16.2. The first-order valence-corrected chi connectivity index (χ1v) is 12.9. The van der Waals surface area contributed by atoms with Gasteiger partial charge in [-0.2, -0.15) is 0 Å². The zero-order chi connectivity index (χ0) is 26.7. The number of H-pyrrole nitrogens is 1. The Bertz CT molecular complexity index is 1420. The van der Waals surface area contributed by atoms with Gasteiger partial charge >= 0.3 is 0 Å². The van der Waals surface area contributed by atoms with Crippen LogP contribution >= 0.6 is 0 Å². The number of benzene rings is 3. The number of anilines is 1. The minimum Gasteiger partial charge on any atom is -0.345 e. The lowest BCUT2D eigenvalue weighted by Gasteiger charge is -2.27. The van der Waals surface area contributed by atoms with Gasteiger partial charge in [-0.15, -0.1) is 0 Å². The number of nitrogens with two attached hydrogens (primary N) is 1. The van der Waals surface area contributed by atoms with Crippen LogP contribution in [0.25, 0.3) is 22.4 Å². The van der Waals surface area contributed by atoms with Crippen LogP contribution in [0.15, 0.2) is 85.3 Å². The Kier molecular flexibility index (Phi) is 7.11. The van der Waals surface area contributed by atoms with Gasteiger partial charge < -0.3 is 20.9 Å². The van der Waals surface area contributed by atoms with Crippen LogP contribution in [0, 0.1) is 0 Å². The Morgan fingerprint density at radius 1 is 1.05 bits per heavy atom. The number of nitrogens with zero attached hydrogens (tertiary/aromatic N) is 2. The van der Waals surface area contributed by atoms with Crippen molar-refractivity contribution in [3.05, 3.63) is 96.4 Å². The fourth-order valence-corrected chi connectivity index (χ4v) is 5.02. The van der Waals surface area contributed by atoms with Crippen LogP contribution in [-0.2, 0) is 22.6 Å². The summed E-state index contributed by atoms with van der Waals surface area (Å²) in [5, 5.41) is 2.95. The van der Waals surface area contributed by atoms with Crippen LogP contribution in [0.3, 0.4) is 0 Å². The van der Waals surface area contributed by atoms with Crippen LogP contribution < -0.4 is 16.0 Å². The molecule has 0 saturated carbocycles. The van der Waals surface area contributed by atoms with Crippen LogP contribution in [-0.4, -0.2) is 33.4 Å². The molecule has 4 N–H and O–H groups in total. The molecule has 0 bridgehead atoms. The molecule has 2 heterocycles. The third-order valence-electron chi connectivity index (χ3n) is 6.82. The molecule has 0 spiro atoms. The predicted octanol–water partition coefficient (Wildman–Crippen LogP) is 4.84. The highest BCUT2D eigenvalue weighted by molar-refractivity contribution is 6.00. The van der Waals surface area contributed by atoms with E-state index in [1.54, 1.807) is 25.1 Å². The molecule has 7 nitrogen and oxygen atoms in total. The maximum absolute atomic E-state index is 13.7. The van der Waals surface area contributed by atoms with Gasteiger partial charge in [0.2, 0.25) is 11.8 Å². The van der Waals surface area contributed by atoms with Crippen LogP contribution in [0.2, 0.25) is 0 Å². The van der Waals surface area contributed by atoms with Crippen molar-refractivity contribution >= 4 is 17.5 Å². The summed E-state index contributed by atoms with van der Waals surface area (Å²) in [6.07, 6.45) is 4.91. The number of aromatic amines is 1. The molecule has 0 saturated heterocycles. The normalized spacial score (nSPS) is 15.6. The molecule has 2 amide bonds. The number of carbonyl (C=O) groups excluding carboxylic acids is 2. The van der Waals surface area contributed by atoms with Crippen molar-refractivity contribution in [1.29, 1.82) is 0 Å². The lowest BCUT2D eigenvalue weighted by Crippen LogP contribution is -2.49. The maximum atomic E-state index is 13.7. The summed E-state index contributed by atoms with van der Waals surface area (Å²) in [6, 6.07) is 23.9. The highest BCUT2D eigenvalue weighted by Crippen LogP contribution is 2.32. The number of para-hydroxylation sites is 1. The Morgan fingerprint density at radius 2 is 1.76 bits per heavy atom. The van der Waals surface area contributed by atoms with Crippen molar-refractivity contribution in [1.82, 2.24) is 15.3 Å². The van der Waals surface area contributed by atoms with Crippen LogP contribution in [0.1, 0.15) is 37.8 Å². The van der Waals surface area contributed by atoms with Crippen LogP contribution in [0.4, 0.5) is 5.69 Å². The molecule has 194 valence electrons. The van der Waals surface area contributed by atoms with Gasteiger partial charge in [0.1, 0.15) is 6.04 Å². The lowest BCUT2D eigenvalue weighted by molar-refractivity contribution is -0.128. The molecule has 1 aromatic heterocycles. The van der Waals surface area contributed by atoms with E-state index in [4.69, 9.17) is 5.73 Å². The van der Waals surface area contributed by atoms with Gasteiger partial charge in [-0.3, -0.25) is 9.59 Å². The van der Waals surface area contributed by atoms with Gasteiger partial charge in [-0.05, 0) is 55.0 Å². The van der Waals surface area contributed by atoms with E-state index in [9.17, 15) is 9.59 Å². The molecule has 1 aliphatic heterocycles. The predicted molar refractivity (Wildman–Crippen MR) is 150 cm³/mol. The smallest absolute Gasteiger partial charge is 0.249 e. The number of aryl methyl sites for hydroxylation is 1. The number of carbonyl (C=O) groups is 2. The topological polar surface area (TPSA) is 104 Å². The molecule has 1 aliphatic rings. The molecule has 3 aromatic carbocycles. The van der Waals surface area contributed by atoms with E-state index >= 15 is 0 Å². The second-order valence-electron chi connectivity index (χ2n) is 10.6. The third-order valence-corrected chi connectivity index (χ3v) is 6.82. The summed E-state index contributed by atoms with van der Waals surface area (Å²) in [5.41, 5.74) is 12.6. The van der Waals surface area contributed by atoms with E-state index in [0.717, 1.165) is 39.2 Å². The van der Waals surface area contributed by atoms with Crippen molar-refractivity contribution in [2.24, 2.45) is 5.73 Å². The highest BCUT2D eigenvalue weighted by Gasteiger charge is 2.32. The average Bonchev–Trinajstić information content (AvgIpc) is 3.40. The first-order valence-electron chi connectivity index (χ1n) is 12.9. The quantitative estimate of drug-likeness (QED) is 0.333. The fraction of sp³-hybridized carbons (Fsp3) is 0.258. The molecule has 0 unspecified atom stereocenters. The zero-order valence-corrected chi connectivity index (χ0v) is 21.8. The van der Waals surface area contributed by atoms with Crippen LogP contribution in [0.5, 0.6) is 0 Å². The molecule has 0 aliphatic carbocycles. The summed E-state index contributed by atoms with van der Waals surface area (Å²) < 4.78 is 0. The second kappa shape index (κ2) is 10.6. The molecule has 5 rings (SSSR count). The molecular formula is C31H33N5O2. The monoisotopic (exact) mass is 507 g/mol. The van der Waals surface area contributed by atoms with E-state index in [2.05, 4.69) is 57.7 Å². The number of rotatable bonds is 7. The number of hydrogen-bond acceptors (Lipinski definition) is 4. The Morgan fingerprint density at radius 3 is 2.47 bits per heavy atom. The Balaban J connectivity index is 1.40. The summed E-state index contributed by atoms with van der Waals surface area (Å²) in [5.74, 6) is -0.311. The van der Waals surface area contributed by atoms with Crippen molar-refractivity contribution in [3.63, 3.8) is 0 Å². The van der Waals surface area contributed by atoms with E-state index in [1.807, 2.05) is 36.5 Å². The summed E-state index contributed by atoms with van der Waals surface area (Å²) >= 11 is 0. The SMILES string of the molecule is CC(C)(N)CC(=O)N[C@@H]1CCc2ccccc2N(Cc2ccc(-c3ccccc3-c3cnc[nH]3)cc2)C1=O. The summed E-state index contributed by atoms with van der Waals surface area (Å²) in [4.78, 5) is 35.5. The van der Waals surface area contributed by atoms with Gasteiger partial charge in [0.25, 0.3) is 0 Å². The van der Waals surface area contributed by atoms with Gasteiger partial charge in [0.15, 0.2) is 0 Å². The zero-order valence-electron chi connectivity index (χ0n) is 21.8. The van der Waals surface area contributed by atoms with E-state index in [-0.39, 0.29) is 18.2 Å². The van der Waals surface area contributed by atoms with Gasteiger partial charge in [0, 0.05) is 23.2 Å². The van der Waals surface area contributed by atoms with Gasteiger partial charge in [-0.1, -0.05) is 66.7 Å². The molecule has 7 heteroatoms. The minimum absolute atomic E-state index is 0.105. The summed E-state index contributed by atoms with van der Waals surface area (Å²) in [6.45, 7) is 4.02. The van der Waals surface area contributed by atoms with E-state index < -0.39 is 11.6 Å². The standard InChI is InChI=1S/C31H33N5O2/c1-31(2,32)17-29(37)35-26-16-15-23-7-3-6-10-28(23)36(30(26)38)19-21-11-13-22(14-12-21)24-8-4-5-9-25(24)27-18-33-20-34-27/h3-14,18,20,26H,15-17,19,32H2,1-2H3,(H,33,34)(H,35,37)/t26-/m1/s1. The van der Waals surface area contributed by atoms with Gasteiger partial charge in [0.05, 0.1) is 24.8 Å². The summed E-state index contributed by atoms with van der Waals surface area (Å²) in [7, 11) is 0. The molecule has 0 fully saturated rings. The lowest BCUT2D eigenvalue weighted by atomic mass is 9.97. The minimum atomic E-state index is -0.641. The van der Waals surface area contributed by atoms with E-state index in [0.29, 0.717) is 19.4 Å². The number of fused-ring (bicyclic) bond motifs is 1. The molecule has 38 heavy (non-hydrogen) atoms. The number of hydrogen-bond donors (Lipinski definition) is 3. The van der Waals surface area contributed by atoms with E-state index in [1.165, 1.54) is 0 Å². The first kappa shape index (κ1) is 25.4. The average molecular weight is 508 g/mol. The molecular weight excluding hydrogens is 474 g/mol. The molecule has 1 atom stereocenters. The number of nitrogens with one attached hydrogen (secondary N) is 2. The Labute approximate surface area is 223 Å². The van der Waals surface area contributed by atoms with Crippen molar-refractivity contribution in [3.8, 4) is 22.4 Å². The third kappa shape index (κ3) is 5.68. The molecule has 0 radical (unpaired) electrons. The number of aromatic nitrogens is 2. The van der Waals surface area contributed by atoms with Gasteiger partial charge in [-0.25, -0.2) is 4.98 Å². The van der Waals surface area contributed by atoms with Crippen molar-refractivity contribution in [2.45, 2.75) is 51.2 Å².